The number of hydrogen-bond acceptors (Lipinski definition) is 5. The Bertz CT molecular complexity index is 666. The third kappa shape index (κ3) is 4.09. The van der Waals surface area contributed by atoms with Gasteiger partial charge in [0.1, 0.15) is 11.5 Å². The lowest BCUT2D eigenvalue weighted by Crippen LogP contribution is -2.23. The molecule has 0 atom stereocenters. The van der Waals surface area contributed by atoms with E-state index in [2.05, 4.69) is 15.3 Å². The Morgan fingerprint density at radius 3 is 2.67 bits per heavy atom. The molecule has 0 bridgehead atoms. The highest BCUT2D eigenvalue weighted by Crippen LogP contribution is 2.10. The number of pyridine rings is 1. The minimum absolute atomic E-state index is 0.192. The second-order valence-corrected chi connectivity index (χ2v) is 5.75. The first-order chi connectivity index (χ1) is 9.95. The fourth-order valence-corrected chi connectivity index (χ4v) is 2.31. The van der Waals surface area contributed by atoms with Gasteiger partial charge >= 0.3 is 0 Å². The van der Waals surface area contributed by atoms with Gasteiger partial charge in [-0.2, -0.15) is 0 Å². The van der Waals surface area contributed by atoms with Crippen LogP contribution in [0.4, 0.5) is 5.82 Å². The van der Waals surface area contributed by atoms with Crippen molar-refractivity contribution in [1.29, 1.82) is 0 Å². The van der Waals surface area contributed by atoms with Crippen molar-refractivity contribution in [2.24, 2.45) is 0 Å². The van der Waals surface area contributed by atoms with E-state index in [4.69, 9.17) is 0 Å². The Kier molecular flexibility index (Phi) is 4.64. The summed E-state index contributed by atoms with van der Waals surface area (Å²) >= 11 is 1.51. The van der Waals surface area contributed by atoms with Crippen molar-refractivity contribution in [1.82, 2.24) is 14.9 Å². The Morgan fingerprint density at radius 1 is 1.29 bits per heavy atom. The van der Waals surface area contributed by atoms with Crippen molar-refractivity contribution in [3.05, 3.63) is 40.0 Å². The lowest BCUT2D eigenvalue weighted by atomic mass is 10.3. The summed E-state index contributed by atoms with van der Waals surface area (Å²) < 4.78 is 0. The zero-order valence-electron chi connectivity index (χ0n) is 12.1. The maximum Gasteiger partial charge on any atom is 0.272 e. The topological polar surface area (TPSA) is 75.2 Å². The second-order valence-electron chi connectivity index (χ2n) is 4.69. The molecule has 2 aromatic heterocycles. The lowest BCUT2D eigenvalue weighted by molar-refractivity contribution is -0.115. The molecule has 0 saturated heterocycles. The number of carbonyl (C=O) groups excluding carboxylic acids is 2. The molecule has 0 fully saturated rings. The standard InChI is InChI=1S/C14H16N4O2S/c1-9-15-10(8-21-9)7-13(19)17-12-6-4-5-11(16-12)14(20)18(2)3/h4-6,8H,7H2,1-3H3,(H,16,17,19). The highest BCUT2D eigenvalue weighted by molar-refractivity contribution is 7.09. The number of amides is 2. The molecule has 0 aliphatic carbocycles. The zero-order chi connectivity index (χ0) is 15.4. The third-order valence-corrected chi connectivity index (χ3v) is 3.47. The lowest BCUT2D eigenvalue weighted by Gasteiger charge is -2.10. The number of aryl methyl sites for hydroxylation is 1. The SMILES string of the molecule is Cc1nc(CC(=O)Nc2cccc(C(=O)N(C)C)n2)cs1. The molecular formula is C14H16N4O2S. The largest absolute Gasteiger partial charge is 0.343 e. The number of aromatic nitrogens is 2. The summed E-state index contributed by atoms with van der Waals surface area (Å²) in [4.78, 5) is 33.6. The van der Waals surface area contributed by atoms with E-state index in [1.54, 1.807) is 32.3 Å². The number of rotatable bonds is 4. The second kappa shape index (κ2) is 6.45. The summed E-state index contributed by atoms with van der Waals surface area (Å²) in [7, 11) is 3.31. The van der Waals surface area contributed by atoms with Crippen molar-refractivity contribution >= 4 is 29.0 Å². The van der Waals surface area contributed by atoms with Crippen LogP contribution in [0.3, 0.4) is 0 Å². The minimum Gasteiger partial charge on any atom is -0.343 e. The number of nitrogens with one attached hydrogen (secondary N) is 1. The first kappa shape index (κ1) is 15.1. The van der Waals surface area contributed by atoms with Crippen molar-refractivity contribution in [3.8, 4) is 0 Å². The van der Waals surface area contributed by atoms with E-state index < -0.39 is 0 Å². The molecule has 0 spiro atoms. The average Bonchev–Trinajstić information content (AvgIpc) is 2.83. The molecule has 1 N–H and O–H groups in total. The van der Waals surface area contributed by atoms with E-state index in [1.165, 1.54) is 16.2 Å². The van der Waals surface area contributed by atoms with Gasteiger partial charge in [0.2, 0.25) is 5.91 Å². The van der Waals surface area contributed by atoms with Gasteiger partial charge in [-0.1, -0.05) is 6.07 Å². The van der Waals surface area contributed by atoms with E-state index in [0.717, 1.165) is 10.7 Å². The van der Waals surface area contributed by atoms with Gasteiger partial charge in [-0.15, -0.1) is 11.3 Å². The minimum atomic E-state index is -0.207. The first-order valence-electron chi connectivity index (χ1n) is 6.35. The molecule has 2 heterocycles. The van der Waals surface area contributed by atoms with Crippen LogP contribution in [-0.4, -0.2) is 40.8 Å². The summed E-state index contributed by atoms with van der Waals surface area (Å²) in [6, 6.07) is 4.95. The van der Waals surface area contributed by atoms with Crippen LogP contribution in [0, 0.1) is 6.92 Å². The van der Waals surface area contributed by atoms with Crippen LogP contribution in [0.25, 0.3) is 0 Å². The molecule has 110 valence electrons. The van der Waals surface area contributed by atoms with Crippen LogP contribution in [0.2, 0.25) is 0 Å². The monoisotopic (exact) mass is 304 g/mol. The molecule has 0 aromatic carbocycles. The Hall–Kier alpha value is -2.28. The van der Waals surface area contributed by atoms with Crippen molar-refractivity contribution in [2.75, 3.05) is 19.4 Å². The molecule has 0 saturated carbocycles. The summed E-state index contributed by atoms with van der Waals surface area (Å²) in [5.74, 6) is -0.0527. The molecule has 0 aliphatic heterocycles. The third-order valence-electron chi connectivity index (χ3n) is 2.65. The van der Waals surface area contributed by atoms with Crippen molar-refractivity contribution < 1.29 is 9.59 Å². The van der Waals surface area contributed by atoms with Crippen LogP contribution in [0.5, 0.6) is 0 Å². The molecule has 2 amide bonds. The molecule has 2 rings (SSSR count). The highest BCUT2D eigenvalue weighted by atomic mass is 32.1. The van der Waals surface area contributed by atoms with E-state index in [1.807, 2.05) is 12.3 Å². The number of thiazole rings is 1. The highest BCUT2D eigenvalue weighted by Gasteiger charge is 2.12. The molecule has 0 unspecified atom stereocenters. The van der Waals surface area contributed by atoms with E-state index in [-0.39, 0.29) is 18.2 Å². The normalized spacial score (nSPS) is 10.2. The molecular weight excluding hydrogens is 288 g/mol. The first-order valence-corrected chi connectivity index (χ1v) is 7.23. The molecule has 7 heteroatoms. The predicted molar refractivity (Wildman–Crippen MR) is 81.4 cm³/mol. The van der Waals surface area contributed by atoms with Gasteiger partial charge in [0, 0.05) is 19.5 Å². The van der Waals surface area contributed by atoms with Crippen molar-refractivity contribution in [2.45, 2.75) is 13.3 Å². The molecule has 21 heavy (non-hydrogen) atoms. The fourth-order valence-electron chi connectivity index (χ4n) is 1.69. The van der Waals surface area contributed by atoms with E-state index in [0.29, 0.717) is 11.5 Å². The van der Waals surface area contributed by atoms with Gasteiger partial charge in [-0.25, -0.2) is 9.97 Å². The van der Waals surface area contributed by atoms with Crippen LogP contribution in [-0.2, 0) is 11.2 Å². The number of nitrogens with zero attached hydrogens (tertiary/aromatic N) is 3. The van der Waals surface area contributed by atoms with Gasteiger partial charge in [0.25, 0.3) is 5.91 Å². The Labute approximate surface area is 126 Å². The smallest absolute Gasteiger partial charge is 0.272 e. The van der Waals surface area contributed by atoms with Crippen LogP contribution in [0.1, 0.15) is 21.2 Å². The maximum atomic E-state index is 11.9. The van der Waals surface area contributed by atoms with Crippen molar-refractivity contribution in [3.63, 3.8) is 0 Å². The Balaban J connectivity index is 2.04. The van der Waals surface area contributed by atoms with Gasteiger partial charge in [-0.05, 0) is 19.1 Å². The van der Waals surface area contributed by atoms with Crippen LogP contribution >= 0.6 is 11.3 Å². The predicted octanol–water partition coefficient (Wildman–Crippen LogP) is 1.73. The quantitative estimate of drug-likeness (QED) is 0.933. The summed E-state index contributed by atoms with van der Waals surface area (Å²) in [5.41, 5.74) is 1.03. The maximum absolute atomic E-state index is 11.9. The molecule has 6 nitrogen and oxygen atoms in total. The summed E-state index contributed by atoms with van der Waals surface area (Å²) in [6.45, 7) is 1.89. The average molecular weight is 304 g/mol. The molecule has 0 radical (unpaired) electrons. The molecule has 2 aromatic rings. The molecule has 0 aliphatic rings. The number of anilines is 1. The van der Waals surface area contributed by atoms with Gasteiger partial charge < -0.3 is 10.2 Å². The van der Waals surface area contributed by atoms with Gasteiger partial charge in [-0.3, -0.25) is 9.59 Å². The summed E-state index contributed by atoms with van der Waals surface area (Å²) in [5, 5.41) is 5.46. The Morgan fingerprint density at radius 2 is 2.05 bits per heavy atom. The summed E-state index contributed by atoms with van der Waals surface area (Å²) in [6.07, 6.45) is 0.192. The van der Waals surface area contributed by atoms with Crippen LogP contribution in [0.15, 0.2) is 23.6 Å². The van der Waals surface area contributed by atoms with Gasteiger partial charge in [0.05, 0.1) is 17.1 Å². The van der Waals surface area contributed by atoms with E-state index in [9.17, 15) is 9.59 Å². The van der Waals surface area contributed by atoms with E-state index >= 15 is 0 Å². The number of hydrogen-bond donors (Lipinski definition) is 1. The zero-order valence-corrected chi connectivity index (χ0v) is 12.9. The number of carbonyl (C=O) groups is 2. The fraction of sp³-hybridized carbons (Fsp3) is 0.286. The van der Waals surface area contributed by atoms with Crippen LogP contribution < -0.4 is 5.32 Å². The van der Waals surface area contributed by atoms with Gasteiger partial charge in [0.15, 0.2) is 0 Å².